The molecule has 0 aliphatic carbocycles. The molecule has 1 aromatic carbocycles. The second kappa shape index (κ2) is 5.09. The molecule has 0 spiro atoms. The van der Waals surface area contributed by atoms with Crippen LogP contribution in [0.5, 0.6) is 0 Å². The standard InChI is InChI=1S/C13H11BrFN5/c1-16-11-7-20-5-4-17-13(20)12(19-11)18-8-2-3-9(14)10(15)6-8/h2-7,16H,1H3,(H,18,19). The van der Waals surface area contributed by atoms with Gasteiger partial charge in [0.1, 0.15) is 11.6 Å². The number of hydrogen-bond donors (Lipinski definition) is 2. The van der Waals surface area contributed by atoms with Crippen LogP contribution in [0.15, 0.2) is 41.3 Å². The molecule has 3 rings (SSSR count). The van der Waals surface area contributed by atoms with Crippen molar-refractivity contribution in [2.75, 3.05) is 17.7 Å². The third kappa shape index (κ3) is 2.32. The molecule has 2 N–H and O–H groups in total. The molecule has 0 fully saturated rings. The van der Waals surface area contributed by atoms with Crippen molar-refractivity contribution in [3.63, 3.8) is 0 Å². The molecule has 0 amide bonds. The molecule has 0 aliphatic heterocycles. The van der Waals surface area contributed by atoms with Gasteiger partial charge >= 0.3 is 0 Å². The number of halogens is 2. The average molecular weight is 336 g/mol. The highest BCUT2D eigenvalue weighted by Crippen LogP contribution is 2.24. The van der Waals surface area contributed by atoms with Crippen molar-refractivity contribution in [2.45, 2.75) is 0 Å². The quantitative estimate of drug-likeness (QED) is 0.770. The first-order chi connectivity index (χ1) is 9.67. The van der Waals surface area contributed by atoms with Gasteiger partial charge in [0.2, 0.25) is 0 Å². The Morgan fingerprint density at radius 3 is 2.95 bits per heavy atom. The number of rotatable bonds is 3. The molecule has 0 radical (unpaired) electrons. The number of imidazole rings is 1. The van der Waals surface area contributed by atoms with Crippen LogP contribution in [0, 0.1) is 5.82 Å². The van der Waals surface area contributed by atoms with Crippen LogP contribution in [-0.4, -0.2) is 21.4 Å². The van der Waals surface area contributed by atoms with Crippen molar-refractivity contribution >= 4 is 38.9 Å². The van der Waals surface area contributed by atoms with Gasteiger partial charge in [0.25, 0.3) is 0 Å². The molecule has 3 aromatic rings. The number of anilines is 3. The summed E-state index contributed by atoms with van der Waals surface area (Å²) in [5.41, 5.74) is 1.28. The molecule has 20 heavy (non-hydrogen) atoms. The zero-order chi connectivity index (χ0) is 14.1. The van der Waals surface area contributed by atoms with Gasteiger partial charge < -0.3 is 15.0 Å². The predicted molar refractivity (Wildman–Crippen MR) is 79.9 cm³/mol. The lowest BCUT2D eigenvalue weighted by molar-refractivity contribution is 0.622. The Hall–Kier alpha value is -2.15. The first-order valence-electron chi connectivity index (χ1n) is 5.91. The van der Waals surface area contributed by atoms with E-state index >= 15 is 0 Å². The summed E-state index contributed by atoms with van der Waals surface area (Å²) >= 11 is 3.13. The molecule has 0 unspecified atom stereocenters. The minimum Gasteiger partial charge on any atom is -0.372 e. The maximum absolute atomic E-state index is 13.5. The molecule has 102 valence electrons. The van der Waals surface area contributed by atoms with Crippen LogP contribution in [0.25, 0.3) is 5.65 Å². The van der Waals surface area contributed by atoms with E-state index in [0.717, 1.165) is 0 Å². The van der Waals surface area contributed by atoms with Gasteiger partial charge in [0.05, 0.1) is 10.7 Å². The third-order valence-corrected chi connectivity index (χ3v) is 3.46. The minimum atomic E-state index is -0.334. The molecular formula is C13H11BrFN5. The second-order valence-corrected chi connectivity index (χ2v) is 4.99. The molecule has 7 heteroatoms. The largest absolute Gasteiger partial charge is 0.372 e. The monoisotopic (exact) mass is 335 g/mol. The first-order valence-corrected chi connectivity index (χ1v) is 6.70. The molecule has 0 atom stereocenters. The van der Waals surface area contributed by atoms with E-state index in [1.54, 1.807) is 25.4 Å². The molecule has 0 saturated carbocycles. The normalized spacial score (nSPS) is 10.8. The highest BCUT2D eigenvalue weighted by Gasteiger charge is 2.08. The number of aromatic nitrogens is 3. The Morgan fingerprint density at radius 1 is 1.35 bits per heavy atom. The highest BCUT2D eigenvalue weighted by molar-refractivity contribution is 9.10. The first kappa shape index (κ1) is 12.9. The van der Waals surface area contributed by atoms with Crippen LogP contribution in [0.3, 0.4) is 0 Å². The van der Waals surface area contributed by atoms with Crippen LogP contribution < -0.4 is 10.6 Å². The molecule has 5 nitrogen and oxygen atoms in total. The summed E-state index contributed by atoms with van der Waals surface area (Å²) in [7, 11) is 1.79. The summed E-state index contributed by atoms with van der Waals surface area (Å²) in [5.74, 6) is 0.915. The highest BCUT2D eigenvalue weighted by atomic mass is 79.9. The van der Waals surface area contributed by atoms with Crippen LogP contribution >= 0.6 is 15.9 Å². The summed E-state index contributed by atoms with van der Waals surface area (Å²) < 4.78 is 15.8. The van der Waals surface area contributed by atoms with E-state index in [1.165, 1.54) is 6.07 Å². The van der Waals surface area contributed by atoms with Crippen molar-refractivity contribution in [2.24, 2.45) is 0 Å². The Labute approximate surface area is 123 Å². The van der Waals surface area contributed by atoms with E-state index in [1.807, 2.05) is 16.8 Å². The molecule has 0 saturated heterocycles. The topological polar surface area (TPSA) is 54.2 Å². The molecule has 2 heterocycles. The zero-order valence-corrected chi connectivity index (χ0v) is 12.1. The van der Waals surface area contributed by atoms with Crippen LogP contribution in [0.2, 0.25) is 0 Å². The van der Waals surface area contributed by atoms with E-state index in [-0.39, 0.29) is 5.82 Å². The van der Waals surface area contributed by atoms with Gasteiger partial charge in [-0.05, 0) is 34.1 Å². The van der Waals surface area contributed by atoms with Crippen LogP contribution in [-0.2, 0) is 0 Å². The summed E-state index contributed by atoms with van der Waals surface area (Å²) in [6, 6.07) is 4.81. The Balaban J connectivity index is 2.04. The minimum absolute atomic E-state index is 0.334. The molecule has 0 aliphatic rings. The van der Waals surface area contributed by atoms with E-state index < -0.39 is 0 Å². The van der Waals surface area contributed by atoms with Crippen LogP contribution in [0.4, 0.5) is 21.7 Å². The van der Waals surface area contributed by atoms with Gasteiger partial charge in [-0.25, -0.2) is 14.4 Å². The summed E-state index contributed by atoms with van der Waals surface area (Å²) in [5, 5.41) is 6.05. The maximum atomic E-state index is 13.5. The van der Waals surface area contributed by atoms with Crippen LogP contribution in [0.1, 0.15) is 0 Å². The fourth-order valence-corrected chi connectivity index (χ4v) is 2.09. The summed E-state index contributed by atoms with van der Waals surface area (Å²) in [6.45, 7) is 0. The smallest absolute Gasteiger partial charge is 0.180 e. The van der Waals surface area contributed by atoms with Gasteiger partial charge in [-0.2, -0.15) is 0 Å². The van der Waals surface area contributed by atoms with Gasteiger partial charge in [0.15, 0.2) is 11.5 Å². The van der Waals surface area contributed by atoms with Gasteiger partial charge in [-0.3, -0.25) is 0 Å². The zero-order valence-electron chi connectivity index (χ0n) is 10.6. The van der Waals surface area contributed by atoms with Gasteiger partial charge in [-0.1, -0.05) is 0 Å². The fourth-order valence-electron chi connectivity index (χ4n) is 1.85. The number of nitrogens with zero attached hydrogens (tertiary/aromatic N) is 3. The lowest BCUT2D eigenvalue weighted by Crippen LogP contribution is -2.02. The van der Waals surface area contributed by atoms with Gasteiger partial charge in [0, 0.05) is 25.1 Å². The van der Waals surface area contributed by atoms with E-state index in [9.17, 15) is 4.39 Å². The fraction of sp³-hybridized carbons (Fsp3) is 0.0769. The van der Waals surface area contributed by atoms with E-state index in [2.05, 4.69) is 36.5 Å². The second-order valence-electron chi connectivity index (χ2n) is 4.14. The Kier molecular flexibility index (Phi) is 3.27. The Morgan fingerprint density at radius 2 is 2.20 bits per heavy atom. The van der Waals surface area contributed by atoms with Crippen molar-refractivity contribution in [3.8, 4) is 0 Å². The van der Waals surface area contributed by atoms with Crippen molar-refractivity contribution in [3.05, 3.63) is 47.1 Å². The average Bonchev–Trinajstić information content (AvgIpc) is 2.91. The summed E-state index contributed by atoms with van der Waals surface area (Å²) in [4.78, 5) is 8.64. The van der Waals surface area contributed by atoms with E-state index in [4.69, 9.17) is 0 Å². The predicted octanol–water partition coefficient (Wildman–Crippen LogP) is 3.42. The van der Waals surface area contributed by atoms with Crippen molar-refractivity contribution in [1.29, 1.82) is 0 Å². The van der Waals surface area contributed by atoms with Crippen molar-refractivity contribution in [1.82, 2.24) is 14.4 Å². The van der Waals surface area contributed by atoms with Gasteiger partial charge in [-0.15, -0.1) is 0 Å². The van der Waals surface area contributed by atoms with E-state index in [0.29, 0.717) is 27.4 Å². The number of fused-ring (bicyclic) bond motifs is 1. The number of hydrogen-bond acceptors (Lipinski definition) is 4. The van der Waals surface area contributed by atoms with Crippen molar-refractivity contribution < 1.29 is 4.39 Å². The summed E-state index contributed by atoms with van der Waals surface area (Å²) in [6.07, 6.45) is 5.34. The molecule has 2 aromatic heterocycles. The molecule has 0 bridgehead atoms. The lowest BCUT2D eigenvalue weighted by atomic mass is 10.3. The third-order valence-electron chi connectivity index (χ3n) is 2.81. The SMILES string of the molecule is CNc1cn2ccnc2c(Nc2ccc(Br)c(F)c2)n1. The Bertz CT molecular complexity index is 771. The maximum Gasteiger partial charge on any atom is 0.180 e. The molecular weight excluding hydrogens is 325 g/mol. The number of nitrogens with one attached hydrogen (secondary N) is 2. The lowest BCUT2D eigenvalue weighted by Gasteiger charge is -2.09. The number of benzene rings is 1.